The number of methoxy groups -OCH3 is 1. The van der Waals surface area contributed by atoms with Gasteiger partial charge in [0.1, 0.15) is 5.75 Å². The number of hydrogen-bond donors (Lipinski definition) is 0. The minimum Gasteiger partial charge on any atom is -0.495 e. The van der Waals surface area contributed by atoms with E-state index in [4.69, 9.17) is 4.74 Å². The fraction of sp³-hybridized carbons (Fsp3) is 0.316. The maximum Gasteiger partial charge on any atom is 0.324 e. The average molecular weight is 389 g/mol. The number of benzene rings is 2. The first-order valence-electron chi connectivity index (χ1n) is 8.13. The molecule has 24 heavy (non-hydrogen) atoms. The van der Waals surface area contributed by atoms with Crippen molar-refractivity contribution in [2.24, 2.45) is 0 Å². The van der Waals surface area contributed by atoms with Crippen molar-refractivity contribution < 1.29 is 9.53 Å². The lowest BCUT2D eigenvalue weighted by Gasteiger charge is -2.19. The number of ether oxygens (including phenoxy) is 1. The molecule has 0 aromatic heterocycles. The van der Waals surface area contributed by atoms with Crippen LogP contribution >= 0.6 is 15.9 Å². The summed E-state index contributed by atoms with van der Waals surface area (Å²) >= 11 is 3.44. The molecule has 4 nitrogen and oxygen atoms in total. The van der Waals surface area contributed by atoms with Crippen LogP contribution in [-0.4, -0.2) is 37.7 Å². The normalized spacial score (nSPS) is 14.3. The maximum absolute atomic E-state index is 12.6. The minimum absolute atomic E-state index is 0.0763. The average Bonchev–Trinajstić information content (AvgIpc) is 2.97. The Morgan fingerprint density at radius 3 is 2.67 bits per heavy atom. The van der Waals surface area contributed by atoms with Crippen molar-refractivity contribution in [2.75, 3.05) is 31.6 Å². The van der Waals surface area contributed by atoms with Crippen LogP contribution in [-0.2, 0) is 6.42 Å². The molecule has 0 spiro atoms. The zero-order valence-corrected chi connectivity index (χ0v) is 15.3. The number of aryl methyl sites for hydroxylation is 1. The van der Waals surface area contributed by atoms with Gasteiger partial charge in [-0.3, -0.25) is 4.90 Å². The Morgan fingerprint density at radius 1 is 1.12 bits per heavy atom. The number of rotatable bonds is 6. The summed E-state index contributed by atoms with van der Waals surface area (Å²) in [7, 11) is 1.63. The summed E-state index contributed by atoms with van der Waals surface area (Å²) in [6.07, 6.45) is 1.98. The van der Waals surface area contributed by atoms with Gasteiger partial charge in [0, 0.05) is 31.4 Å². The van der Waals surface area contributed by atoms with E-state index in [1.807, 2.05) is 34.1 Å². The molecule has 0 radical (unpaired) electrons. The second-order valence-electron chi connectivity index (χ2n) is 5.83. The molecule has 1 fully saturated rings. The summed E-state index contributed by atoms with van der Waals surface area (Å²) in [5.41, 5.74) is 2.20. The summed E-state index contributed by atoms with van der Waals surface area (Å²) in [4.78, 5) is 16.4. The second kappa shape index (κ2) is 7.71. The van der Waals surface area contributed by atoms with Gasteiger partial charge < -0.3 is 9.64 Å². The number of anilines is 1. The lowest BCUT2D eigenvalue weighted by molar-refractivity contribution is 0.220. The van der Waals surface area contributed by atoms with E-state index in [9.17, 15) is 4.79 Å². The van der Waals surface area contributed by atoms with Gasteiger partial charge in [-0.15, -0.1) is 0 Å². The number of urea groups is 1. The number of hydrogen-bond acceptors (Lipinski definition) is 2. The van der Waals surface area contributed by atoms with Crippen molar-refractivity contribution in [1.29, 1.82) is 0 Å². The van der Waals surface area contributed by atoms with Crippen LogP contribution in [0.3, 0.4) is 0 Å². The molecule has 0 unspecified atom stereocenters. The van der Waals surface area contributed by atoms with Crippen LogP contribution in [0, 0.1) is 0 Å². The van der Waals surface area contributed by atoms with Crippen LogP contribution in [0.25, 0.3) is 0 Å². The predicted octanol–water partition coefficient (Wildman–Crippen LogP) is 4.33. The fourth-order valence-electron chi connectivity index (χ4n) is 2.96. The lowest BCUT2D eigenvalue weighted by Crippen LogP contribution is -2.32. The Kier molecular flexibility index (Phi) is 5.41. The van der Waals surface area contributed by atoms with Crippen LogP contribution < -0.4 is 9.64 Å². The minimum atomic E-state index is 0.0763. The van der Waals surface area contributed by atoms with Crippen molar-refractivity contribution in [2.45, 2.75) is 12.8 Å². The van der Waals surface area contributed by atoms with Gasteiger partial charge in [0.15, 0.2) is 0 Å². The van der Waals surface area contributed by atoms with Crippen molar-refractivity contribution in [3.05, 3.63) is 58.6 Å². The molecule has 1 aliphatic heterocycles. The van der Waals surface area contributed by atoms with Gasteiger partial charge in [0.2, 0.25) is 0 Å². The molecule has 0 atom stereocenters. The summed E-state index contributed by atoms with van der Waals surface area (Å²) in [5, 5.41) is 0. The number of amides is 2. The molecule has 5 heteroatoms. The quantitative estimate of drug-likeness (QED) is 0.737. The van der Waals surface area contributed by atoms with Crippen molar-refractivity contribution in [3.63, 3.8) is 0 Å². The highest BCUT2D eigenvalue weighted by Gasteiger charge is 2.29. The van der Waals surface area contributed by atoms with E-state index in [1.54, 1.807) is 7.11 Å². The van der Waals surface area contributed by atoms with Crippen molar-refractivity contribution in [1.82, 2.24) is 4.90 Å². The summed E-state index contributed by atoms with van der Waals surface area (Å²) in [6, 6.07) is 16.2. The van der Waals surface area contributed by atoms with E-state index < -0.39 is 0 Å². The highest BCUT2D eigenvalue weighted by Crippen LogP contribution is 2.31. The standard InChI is InChI=1S/C19H21BrN2O2/c1-24-18-14-16(9-10-17(18)20)22-13-12-21(19(22)23)11-5-8-15-6-3-2-4-7-15/h2-4,6-7,9-10,14H,5,8,11-13H2,1H3. The second-order valence-corrected chi connectivity index (χ2v) is 6.68. The Morgan fingerprint density at radius 2 is 1.92 bits per heavy atom. The topological polar surface area (TPSA) is 32.8 Å². The molecule has 2 aromatic carbocycles. The van der Waals surface area contributed by atoms with Gasteiger partial charge in [-0.05, 0) is 46.5 Å². The van der Waals surface area contributed by atoms with E-state index >= 15 is 0 Å². The first-order valence-corrected chi connectivity index (χ1v) is 8.92. The molecular weight excluding hydrogens is 368 g/mol. The highest BCUT2D eigenvalue weighted by atomic mass is 79.9. The van der Waals surface area contributed by atoms with Crippen molar-refractivity contribution >= 4 is 27.6 Å². The highest BCUT2D eigenvalue weighted by molar-refractivity contribution is 9.10. The van der Waals surface area contributed by atoms with E-state index in [1.165, 1.54) is 5.56 Å². The predicted molar refractivity (Wildman–Crippen MR) is 99.8 cm³/mol. The van der Waals surface area contributed by atoms with E-state index in [0.717, 1.165) is 48.4 Å². The van der Waals surface area contributed by atoms with Gasteiger partial charge >= 0.3 is 6.03 Å². The molecule has 1 heterocycles. The van der Waals surface area contributed by atoms with Gasteiger partial charge in [-0.2, -0.15) is 0 Å². The molecule has 0 aliphatic carbocycles. The summed E-state index contributed by atoms with van der Waals surface area (Å²) < 4.78 is 6.21. The first kappa shape index (κ1) is 16.8. The third-order valence-electron chi connectivity index (χ3n) is 4.28. The van der Waals surface area contributed by atoms with Gasteiger partial charge in [-0.1, -0.05) is 30.3 Å². The Balaban J connectivity index is 1.58. The zero-order chi connectivity index (χ0) is 16.9. The molecule has 1 aliphatic rings. The molecule has 1 saturated heterocycles. The van der Waals surface area contributed by atoms with Crippen LogP contribution in [0.4, 0.5) is 10.5 Å². The molecule has 2 amide bonds. The zero-order valence-electron chi connectivity index (χ0n) is 13.7. The number of carbonyl (C=O) groups excluding carboxylic acids is 1. The Hall–Kier alpha value is -2.01. The molecular formula is C19H21BrN2O2. The van der Waals surface area contributed by atoms with E-state index in [0.29, 0.717) is 0 Å². The first-order chi connectivity index (χ1) is 11.7. The maximum atomic E-state index is 12.6. The molecule has 2 aromatic rings. The molecule has 3 rings (SSSR count). The van der Waals surface area contributed by atoms with Crippen LogP contribution in [0.5, 0.6) is 5.75 Å². The monoisotopic (exact) mass is 388 g/mol. The van der Waals surface area contributed by atoms with Crippen LogP contribution in [0.1, 0.15) is 12.0 Å². The smallest absolute Gasteiger partial charge is 0.324 e. The summed E-state index contributed by atoms with van der Waals surface area (Å²) in [6.45, 7) is 2.28. The molecule has 0 saturated carbocycles. The molecule has 0 bridgehead atoms. The fourth-order valence-corrected chi connectivity index (χ4v) is 3.37. The number of carbonyl (C=O) groups is 1. The van der Waals surface area contributed by atoms with Crippen LogP contribution in [0.2, 0.25) is 0 Å². The number of halogens is 1. The van der Waals surface area contributed by atoms with E-state index in [-0.39, 0.29) is 6.03 Å². The third kappa shape index (κ3) is 3.73. The Bertz CT molecular complexity index is 706. The van der Waals surface area contributed by atoms with Crippen LogP contribution in [0.15, 0.2) is 53.0 Å². The van der Waals surface area contributed by atoms with Gasteiger partial charge in [-0.25, -0.2) is 4.79 Å². The van der Waals surface area contributed by atoms with Gasteiger partial charge in [0.25, 0.3) is 0 Å². The summed E-state index contributed by atoms with van der Waals surface area (Å²) in [5.74, 6) is 0.739. The Labute approximate surface area is 151 Å². The number of nitrogens with zero attached hydrogens (tertiary/aromatic N) is 2. The molecule has 0 N–H and O–H groups in total. The van der Waals surface area contributed by atoms with E-state index in [2.05, 4.69) is 40.2 Å². The van der Waals surface area contributed by atoms with Crippen molar-refractivity contribution in [3.8, 4) is 5.75 Å². The lowest BCUT2D eigenvalue weighted by atomic mass is 10.1. The third-order valence-corrected chi connectivity index (χ3v) is 4.93. The SMILES string of the molecule is COc1cc(N2CCN(CCCc3ccccc3)C2=O)ccc1Br. The largest absolute Gasteiger partial charge is 0.495 e. The molecule has 126 valence electrons. The van der Waals surface area contributed by atoms with Gasteiger partial charge in [0.05, 0.1) is 11.6 Å².